The zero-order valence-corrected chi connectivity index (χ0v) is 12.1. The summed E-state index contributed by atoms with van der Waals surface area (Å²) in [4.78, 5) is 0. The van der Waals surface area contributed by atoms with Gasteiger partial charge in [-0.2, -0.15) is 5.10 Å². The van der Waals surface area contributed by atoms with Crippen LogP contribution in [0.5, 0.6) is 5.75 Å². The van der Waals surface area contributed by atoms with Crippen molar-refractivity contribution in [3.8, 4) is 5.75 Å². The predicted octanol–water partition coefficient (Wildman–Crippen LogP) is 2.66. The van der Waals surface area contributed by atoms with Crippen LogP contribution in [-0.2, 0) is 0 Å². The van der Waals surface area contributed by atoms with Crippen molar-refractivity contribution >= 4 is 5.71 Å². The fourth-order valence-electron chi connectivity index (χ4n) is 2.75. The van der Waals surface area contributed by atoms with Gasteiger partial charge < -0.3 is 16.3 Å². The van der Waals surface area contributed by atoms with E-state index in [4.69, 9.17) is 16.3 Å². The molecular formula is C16H25N3O. The normalized spacial score (nSPS) is 17.1. The lowest BCUT2D eigenvalue weighted by Gasteiger charge is -2.21. The van der Waals surface area contributed by atoms with Crippen molar-refractivity contribution in [3.05, 3.63) is 29.8 Å². The van der Waals surface area contributed by atoms with Gasteiger partial charge in [-0.15, -0.1) is 0 Å². The minimum absolute atomic E-state index is 0.545. The fourth-order valence-corrected chi connectivity index (χ4v) is 2.75. The molecule has 0 heterocycles. The van der Waals surface area contributed by atoms with Crippen molar-refractivity contribution in [3.63, 3.8) is 0 Å². The summed E-state index contributed by atoms with van der Waals surface area (Å²) < 4.78 is 5.93. The van der Waals surface area contributed by atoms with Gasteiger partial charge >= 0.3 is 0 Å². The molecule has 0 amide bonds. The predicted molar refractivity (Wildman–Crippen MR) is 82.9 cm³/mol. The molecule has 20 heavy (non-hydrogen) atoms. The average Bonchev–Trinajstić information content (AvgIpc) is 2.52. The summed E-state index contributed by atoms with van der Waals surface area (Å²) in [7, 11) is 0. The van der Waals surface area contributed by atoms with Gasteiger partial charge in [-0.1, -0.05) is 31.4 Å². The minimum atomic E-state index is 0.545. The van der Waals surface area contributed by atoms with Crippen molar-refractivity contribution in [2.24, 2.45) is 22.6 Å². The molecule has 0 saturated heterocycles. The molecule has 0 bridgehead atoms. The van der Waals surface area contributed by atoms with E-state index in [0.29, 0.717) is 18.9 Å². The van der Waals surface area contributed by atoms with Crippen LogP contribution in [0.3, 0.4) is 0 Å². The first-order valence-electron chi connectivity index (χ1n) is 7.53. The Balaban J connectivity index is 1.94. The van der Waals surface area contributed by atoms with E-state index in [2.05, 4.69) is 5.10 Å². The smallest absolute Gasteiger partial charge is 0.119 e. The summed E-state index contributed by atoms with van der Waals surface area (Å²) in [5, 5.41) is 3.82. The number of hydrogen-bond donors (Lipinski definition) is 2. The first-order chi connectivity index (χ1) is 9.83. The summed E-state index contributed by atoms with van der Waals surface area (Å²) in [6, 6.07) is 7.97. The topological polar surface area (TPSA) is 73.6 Å². The van der Waals surface area contributed by atoms with Gasteiger partial charge in [-0.25, -0.2) is 0 Å². The lowest BCUT2D eigenvalue weighted by atomic mass is 9.90. The zero-order valence-electron chi connectivity index (χ0n) is 12.1. The van der Waals surface area contributed by atoms with E-state index >= 15 is 0 Å². The Morgan fingerprint density at radius 1 is 1.25 bits per heavy atom. The number of nitrogens with zero attached hydrogens (tertiary/aromatic N) is 1. The second kappa shape index (κ2) is 7.90. The zero-order chi connectivity index (χ0) is 14.2. The van der Waals surface area contributed by atoms with Crippen molar-refractivity contribution < 1.29 is 4.74 Å². The molecule has 1 fully saturated rings. The van der Waals surface area contributed by atoms with E-state index in [-0.39, 0.29) is 0 Å². The van der Waals surface area contributed by atoms with Crippen LogP contribution < -0.4 is 16.3 Å². The molecule has 1 saturated carbocycles. The van der Waals surface area contributed by atoms with Crippen molar-refractivity contribution in [2.45, 2.75) is 38.5 Å². The van der Waals surface area contributed by atoms with Crippen LogP contribution >= 0.6 is 0 Å². The van der Waals surface area contributed by atoms with Gasteiger partial charge in [0, 0.05) is 12.0 Å². The maximum atomic E-state index is 5.93. The average molecular weight is 275 g/mol. The first kappa shape index (κ1) is 14.9. The highest BCUT2D eigenvalue weighted by Crippen LogP contribution is 2.25. The lowest BCUT2D eigenvalue weighted by Crippen LogP contribution is -2.15. The van der Waals surface area contributed by atoms with Crippen molar-refractivity contribution in [2.75, 3.05) is 13.2 Å². The van der Waals surface area contributed by atoms with Gasteiger partial charge in [0.25, 0.3) is 0 Å². The Morgan fingerprint density at radius 2 is 2.05 bits per heavy atom. The number of ether oxygens (including phenoxy) is 1. The molecule has 0 aliphatic heterocycles. The Labute approximate surface area is 121 Å². The number of rotatable bonds is 6. The standard InChI is InChI=1S/C16H25N3O/c17-10-9-16(19-18)14-7-4-8-15(11-14)20-12-13-5-2-1-3-6-13/h4,7-8,11,13H,1-3,5-6,9-10,12,17-18H2/b19-16+. The van der Waals surface area contributed by atoms with Crippen LogP contribution in [-0.4, -0.2) is 18.9 Å². The van der Waals surface area contributed by atoms with E-state index in [1.807, 2.05) is 24.3 Å². The van der Waals surface area contributed by atoms with E-state index in [0.717, 1.165) is 23.6 Å². The number of hydrogen-bond acceptors (Lipinski definition) is 4. The third-order valence-corrected chi connectivity index (χ3v) is 3.91. The van der Waals surface area contributed by atoms with Gasteiger partial charge in [0.2, 0.25) is 0 Å². The van der Waals surface area contributed by atoms with Crippen LogP contribution in [0.4, 0.5) is 0 Å². The molecule has 4 heteroatoms. The van der Waals surface area contributed by atoms with Crippen LogP contribution in [0.25, 0.3) is 0 Å². The van der Waals surface area contributed by atoms with Crippen LogP contribution in [0.2, 0.25) is 0 Å². The quantitative estimate of drug-likeness (QED) is 0.476. The third kappa shape index (κ3) is 4.23. The Morgan fingerprint density at radius 3 is 2.75 bits per heavy atom. The molecule has 0 spiro atoms. The number of benzene rings is 1. The highest BCUT2D eigenvalue weighted by atomic mass is 16.5. The molecule has 0 radical (unpaired) electrons. The first-order valence-corrected chi connectivity index (χ1v) is 7.53. The SMILES string of the molecule is NCC/C(=N\N)c1cccc(OCC2CCCCC2)c1. The molecule has 1 aliphatic rings. The summed E-state index contributed by atoms with van der Waals surface area (Å²) in [6.07, 6.45) is 7.33. The largest absolute Gasteiger partial charge is 0.493 e. The van der Waals surface area contributed by atoms with Crippen LogP contribution in [0, 0.1) is 5.92 Å². The maximum Gasteiger partial charge on any atom is 0.119 e. The molecule has 4 N–H and O–H groups in total. The Bertz CT molecular complexity index is 439. The Hall–Kier alpha value is -1.55. The lowest BCUT2D eigenvalue weighted by molar-refractivity contribution is 0.209. The molecule has 1 aromatic rings. The van der Waals surface area contributed by atoms with Gasteiger partial charge in [0.15, 0.2) is 0 Å². The highest BCUT2D eigenvalue weighted by molar-refractivity contribution is 6.00. The van der Waals surface area contributed by atoms with E-state index < -0.39 is 0 Å². The highest BCUT2D eigenvalue weighted by Gasteiger charge is 2.14. The van der Waals surface area contributed by atoms with Crippen molar-refractivity contribution in [1.82, 2.24) is 0 Å². The van der Waals surface area contributed by atoms with Gasteiger partial charge in [0.1, 0.15) is 5.75 Å². The van der Waals surface area contributed by atoms with Crippen LogP contribution in [0.15, 0.2) is 29.4 Å². The molecule has 2 rings (SSSR count). The molecule has 1 aliphatic carbocycles. The summed E-state index contributed by atoms with van der Waals surface area (Å²) in [5.74, 6) is 7.03. The second-order valence-corrected chi connectivity index (χ2v) is 5.46. The van der Waals surface area contributed by atoms with E-state index in [1.165, 1.54) is 32.1 Å². The fraction of sp³-hybridized carbons (Fsp3) is 0.562. The monoisotopic (exact) mass is 275 g/mol. The molecule has 110 valence electrons. The molecule has 0 unspecified atom stereocenters. The third-order valence-electron chi connectivity index (χ3n) is 3.91. The van der Waals surface area contributed by atoms with Crippen LogP contribution in [0.1, 0.15) is 44.1 Å². The summed E-state index contributed by atoms with van der Waals surface area (Å²) >= 11 is 0. The van der Waals surface area contributed by atoms with Crippen molar-refractivity contribution in [1.29, 1.82) is 0 Å². The van der Waals surface area contributed by atoms with E-state index in [1.54, 1.807) is 0 Å². The van der Waals surface area contributed by atoms with E-state index in [9.17, 15) is 0 Å². The number of nitrogens with two attached hydrogens (primary N) is 2. The maximum absolute atomic E-state index is 5.93. The molecular weight excluding hydrogens is 250 g/mol. The number of hydrazone groups is 1. The molecule has 0 aromatic heterocycles. The molecule has 1 aromatic carbocycles. The van der Waals surface area contributed by atoms with Gasteiger partial charge in [-0.05, 0) is 37.4 Å². The minimum Gasteiger partial charge on any atom is -0.493 e. The van der Waals surface area contributed by atoms with Gasteiger partial charge in [-0.3, -0.25) is 0 Å². The summed E-state index contributed by atoms with van der Waals surface area (Å²) in [6.45, 7) is 1.36. The second-order valence-electron chi connectivity index (χ2n) is 5.46. The molecule has 0 atom stereocenters. The molecule has 4 nitrogen and oxygen atoms in total. The van der Waals surface area contributed by atoms with Gasteiger partial charge in [0.05, 0.1) is 12.3 Å². The Kier molecular flexibility index (Phi) is 5.87. The summed E-state index contributed by atoms with van der Waals surface area (Å²) in [5.41, 5.74) is 7.40.